The molecule has 0 aliphatic carbocycles. The summed E-state index contributed by atoms with van der Waals surface area (Å²) in [6.45, 7) is -0.137. The van der Waals surface area contributed by atoms with Gasteiger partial charge in [-0.1, -0.05) is 6.07 Å². The summed E-state index contributed by atoms with van der Waals surface area (Å²) >= 11 is 2.88. The minimum Gasteiger partial charge on any atom is -0.451 e. The summed E-state index contributed by atoms with van der Waals surface area (Å²) in [6, 6.07) is 5.73. The van der Waals surface area contributed by atoms with Gasteiger partial charge < -0.3 is 10.1 Å². The SMILES string of the molecule is N#CCCNC(=O)COC(=O)c1csc(-c2cccs2)n1. The normalized spacial score (nSPS) is 9.86. The number of amides is 1. The fourth-order valence-corrected chi connectivity index (χ4v) is 3.00. The van der Waals surface area contributed by atoms with Crippen molar-refractivity contribution in [3.05, 3.63) is 28.6 Å². The van der Waals surface area contributed by atoms with E-state index in [4.69, 9.17) is 10.00 Å². The first kappa shape index (κ1) is 15.2. The van der Waals surface area contributed by atoms with Crippen LogP contribution in [0.1, 0.15) is 16.9 Å². The Morgan fingerprint density at radius 2 is 2.29 bits per heavy atom. The minimum absolute atomic E-state index is 0.188. The molecule has 0 spiro atoms. The van der Waals surface area contributed by atoms with Crippen molar-refractivity contribution in [1.29, 1.82) is 5.26 Å². The first-order chi connectivity index (χ1) is 10.2. The van der Waals surface area contributed by atoms with Crippen molar-refractivity contribution in [2.75, 3.05) is 13.2 Å². The highest BCUT2D eigenvalue weighted by molar-refractivity contribution is 7.20. The van der Waals surface area contributed by atoms with Crippen molar-refractivity contribution >= 4 is 34.6 Å². The lowest BCUT2D eigenvalue weighted by atomic mass is 10.4. The number of thiophene rings is 1. The van der Waals surface area contributed by atoms with Crippen molar-refractivity contribution in [3.8, 4) is 16.0 Å². The summed E-state index contributed by atoms with van der Waals surface area (Å²) < 4.78 is 4.86. The van der Waals surface area contributed by atoms with Crippen molar-refractivity contribution in [2.24, 2.45) is 0 Å². The van der Waals surface area contributed by atoms with Crippen LogP contribution in [0, 0.1) is 11.3 Å². The largest absolute Gasteiger partial charge is 0.451 e. The number of hydrogen-bond donors (Lipinski definition) is 1. The average Bonchev–Trinajstić information content (AvgIpc) is 3.15. The molecule has 6 nitrogen and oxygen atoms in total. The Morgan fingerprint density at radius 1 is 1.43 bits per heavy atom. The van der Waals surface area contributed by atoms with Crippen LogP contribution in [0.3, 0.4) is 0 Å². The van der Waals surface area contributed by atoms with Crippen molar-refractivity contribution < 1.29 is 14.3 Å². The summed E-state index contributed by atoms with van der Waals surface area (Å²) in [5, 5.41) is 15.1. The second-order valence-corrected chi connectivity index (χ2v) is 5.66. The number of carbonyl (C=O) groups is 2. The molecule has 0 bridgehead atoms. The molecule has 0 aromatic carbocycles. The highest BCUT2D eigenvalue weighted by Gasteiger charge is 2.15. The van der Waals surface area contributed by atoms with Crippen molar-refractivity contribution in [3.63, 3.8) is 0 Å². The molecule has 21 heavy (non-hydrogen) atoms. The standard InChI is InChI=1S/C13H11N3O3S2/c14-4-2-5-15-11(17)7-19-13(18)9-8-21-12(16-9)10-3-1-6-20-10/h1,3,6,8H,2,5,7H2,(H,15,17). The number of nitriles is 1. The summed E-state index contributed by atoms with van der Waals surface area (Å²) in [7, 11) is 0. The molecule has 0 fully saturated rings. The summed E-state index contributed by atoms with van der Waals surface area (Å²) in [4.78, 5) is 28.3. The van der Waals surface area contributed by atoms with E-state index in [1.165, 1.54) is 22.7 Å². The number of esters is 1. The lowest BCUT2D eigenvalue weighted by Crippen LogP contribution is -2.29. The molecule has 0 unspecified atom stereocenters. The van der Waals surface area contributed by atoms with Gasteiger partial charge in [0.25, 0.3) is 5.91 Å². The molecule has 0 atom stereocenters. The van der Waals surface area contributed by atoms with Crippen LogP contribution in [-0.2, 0) is 9.53 Å². The monoisotopic (exact) mass is 321 g/mol. The van der Waals surface area contributed by atoms with Crippen molar-refractivity contribution in [2.45, 2.75) is 6.42 Å². The first-order valence-electron chi connectivity index (χ1n) is 6.01. The molecule has 108 valence electrons. The van der Waals surface area contributed by atoms with Crippen LogP contribution in [-0.4, -0.2) is 30.0 Å². The maximum Gasteiger partial charge on any atom is 0.358 e. The third kappa shape index (κ3) is 4.37. The Kier molecular flexibility index (Phi) is 5.43. The quantitative estimate of drug-likeness (QED) is 0.649. The molecule has 2 aromatic heterocycles. The van der Waals surface area contributed by atoms with Gasteiger partial charge in [0, 0.05) is 11.9 Å². The Labute approximate surface area is 129 Å². The molecule has 1 N–H and O–H groups in total. The number of carbonyl (C=O) groups excluding carboxylic acids is 2. The smallest absolute Gasteiger partial charge is 0.358 e. The summed E-state index contributed by atoms with van der Waals surface area (Å²) in [5.74, 6) is -1.07. The van der Waals surface area contributed by atoms with Gasteiger partial charge in [-0.2, -0.15) is 5.26 Å². The summed E-state index contributed by atoms with van der Waals surface area (Å²) in [5.41, 5.74) is 0.188. The zero-order valence-electron chi connectivity index (χ0n) is 10.9. The molecule has 0 saturated carbocycles. The lowest BCUT2D eigenvalue weighted by Gasteiger charge is -2.03. The van der Waals surface area contributed by atoms with Gasteiger partial charge in [-0.25, -0.2) is 9.78 Å². The van der Waals surface area contributed by atoms with Gasteiger partial charge >= 0.3 is 5.97 Å². The molecule has 2 aromatic rings. The van der Waals surface area contributed by atoms with Gasteiger partial charge in [0.1, 0.15) is 5.01 Å². The van der Waals surface area contributed by atoms with Gasteiger partial charge in [-0.3, -0.25) is 4.79 Å². The maximum absolute atomic E-state index is 11.8. The van der Waals surface area contributed by atoms with E-state index in [1.54, 1.807) is 5.38 Å². The molecular formula is C13H11N3O3S2. The topological polar surface area (TPSA) is 92.1 Å². The maximum atomic E-state index is 11.8. The van der Waals surface area contributed by atoms with Crippen LogP contribution in [0.25, 0.3) is 9.88 Å². The fourth-order valence-electron chi connectivity index (χ4n) is 1.39. The van der Waals surface area contributed by atoms with Crippen LogP contribution in [0.2, 0.25) is 0 Å². The Balaban J connectivity index is 1.84. The van der Waals surface area contributed by atoms with E-state index in [0.717, 1.165) is 9.88 Å². The second-order valence-electron chi connectivity index (χ2n) is 3.85. The third-order valence-corrected chi connectivity index (χ3v) is 4.22. The predicted molar refractivity (Wildman–Crippen MR) is 78.9 cm³/mol. The van der Waals surface area contributed by atoms with Crippen LogP contribution >= 0.6 is 22.7 Å². The van der Waals surface area contributed by atoms with E-state index in [9.17, 15) is 9.59 Å². The van der Waals surface area contributed by atoms with E-state index in [0.29, 0.717) is 0 Å². The number of aromatic nitrogens is 1. The zero-order chi connectivity index (χ0) is 15.1. The van der Waals surface area contributed by atoms with Crippen LogP contribution in [0.4, 0.5) is 0 Å². The van der Waals surface area contributed by atoms with E-state index in [-0.39, 0.29) is 25.3 Å². The van der Waals surface area contributed by atoms with E-state index < -0.39 is 11.9 Å². The number of hydrogen-bond acceptors (Lipinski definition) is 7. The fraction of sp³-hybridized carbons (Fsp3) is 0.231. The minimum atomic E-state index is -0.635. The molecular weight excluding hydrogens is 310 g/mol. The summed E-state index contributed by atoms with van der Waals surface area (Å²) in [6.07, 6.45) is 0.218. The number of rotatable bonds is 6. The molecule has 0 radical (unpaired) electrons. The highest BCUT2D eigenvalue weighted by Crippen LogP contribution is 2.27. The van der Waals surface area contributed by atoms with E-state index in [1.807, 2.05) is 23.6 Å². The van der Waals surface area contributed by atoms with Gasteiger partial charge in [0.2, 0.25) is 0 Å². The van der Waals surface area contributed by atoms with Gasteiger partial charge in [-0.05, 0) is 11.4 Å². The van der Waals surface area contributed by atoms with Crippen molar-refractivity contribution in [1.82, 2.24) is 10.3 Å². The highest BCUT2D eigenvalue weighted by atomic mass is 32.1. The molecule has 0 aliphatic rings. The lowest BCUT2D eigenvalue weighted by molar-refractivity contribution is -0.124. The molecule has 2 rings (SSSR count). The Morgan fingerprint density at radius 3 is 3.00 bits per heavy atom. The Bertz CT molecular complexity index is 659. The van der Waals surface area contributed by atoms with E-state index in [2.05, 4.69) is 10.3 Å². The molecule has 8 heteroatoms. The first-order valence-corrected chi connectivity index (χ1v) is 7.77. The van der Waals surface area contributed by atoms with Crippen LogP contribution in [0.5, 0.6) is 0 Å². The van der Waals surface area contributed by atoms with Crippen LogP contribution < -0.4 is 5.32 Å². The number of ether oxygens (including phenoxy) is 1. The third-order valence-electron chi connectivity index (χ3n) is 2.34. The number of nitrogens with zero attached hydrogens (tertiary/aromatic N) is 2. The van der Waals surface area contributed by atoms with Gasteiger partial charge in [0.15, 0.2) is 12.3 Å². The van der Waals surface area contributed by atoms with Gasteiger partial charge in [0.05, 0.1) is 17.4 Å². The number of nitrogens with one attached hydrogen (secondary N) is 1. The van der Waals surface area contributed by atoms with E-state index >= 15 is 0 Å². The number of thiazole rings is 1. The van der Waals surface area contributed by atoms with Gasteiger partial charge in [-0.15, -0.1) is 22.7 Å². The molecule has 2 heterocycles. The second kappa shape index (κ2) is 7.52. The molecule has 0 saturated heterocycles. The molecule has 1 amide bonds. The average molecular weight is 321 g/mol. The molecule has 0 aliphatic heterocycles. The van der Waals surface area contributed by atoms with Crippen LogP contribution in [0.15, 0.2) is 22.9 Å². The Hall–Kier alpha value is -2.24. The predicted octanol–water partition coefficient (Wildman–Crippen LogP) is 2.06. The zero-order valence-corrected chi connectivity index (χ0v) is 12.5.